The van der Waals surface area contributed by atoms with Gasteiger partial charge in [-0.25, -0.2) is 8.42 Å². The average Bonchev–Trinajstić information content (AvgIpc) is 3.19. The summed E-state index contributed by atoms with van der Waals surface area (Å²) in [5.74, 6) is -2.17. The highest BCUT2D eigenvalue weighted by atomic mass is 32.2. The molecule has 1 amide bonds. The second-order valence-corrected chi connectivity index (χ2v) is 7.58. The lowest BCUT2D eigenvalue weighted by Crippen LogP contribution is -2.25. The van der Waals surface area contributed by atoms with Gasteiger partial charge in [-0.2, -0.15) is 0 Å². The van der Waals surface area contributed by atoms with Crippen molar-refractivity contribution in [2.24, 2.45) is 11.8 Å². The number of nitrogens with one attached hydrogen (secondary N) is 1. The van der Waals surface area contributed by atoms with Gasteiger partial charge in [0.25, 0.3) is 0 Å². The van der Waals surface area contributed by atoms with Gasteiger partial charge in [0.15, 0.2) is 0 Å². The lowest BCUT2D eigenvalue weighted by atomic mass is 10.2. The van der Waals surface area contributed by atoms with Crippen molar-refractivity contribution in [3.63, 3.8) is 0 Å². The lowest BCUT2D eigenvalue weighted by Gasteiger charge is -2.17. The highest BCUT2D eigenvalue weighted by molar-refractivity contribution is 7.93. The molecule has 2 atom stereocenters. The number of aliphatic carboxylic acids is 1. The molecule has 2 aliphatic rings. The maximum atomic E-state index is 11.9. The van der Waals surface area contributed by atoms with Gasteiger partial charge in [-0.1, -0.05) is 0 Å². The van der Waals surface area contributed by atoms with Crippen LogP contribution < -0.4 is 9.62 Å². The van der Waals surface area contributed by atoms with Crippen molar-refractivity contribution in [3.05, 3.63) is 24.3 Å². The van der Waals surface area contributed by atoms with Gasteiger partial charge < -0.3 is 10.4 Å². The number of hydrogen-bond donors (Lipinski definition) is 2. The Bertz CT molecular complexity index is 713. The van der Waals surface area contributed by atoms with E-state index in [0.29, 0.717) is 30.8 Å². The molecule has 3 rings (SSSR count). The number of carbonyl (C=O) groups is 2. The molecule has 2 N–H and O–H groups in total. The molecule has 7 nitrogen and oxygen atoms in total. The molecule has 8 heteroatoms. The normalized spacial score (nSPS) is 25.7. The minimum Gasteiger partial charge on any atom is -0.481 e. The maximum absolute atomic E-state index is 11.9. The van der Waals surface area contributed by atoms with E-state index in [0.717, 1.165) is 0 Å². The van der Waals surface area contributed by atoms with Crippen LogP contribution in [-0.2, 0) is 19.6 Å². The number of benzene rings is 1. The average molecular weight is 324 g/mol. The monoisotopic (exact) mass is 324 g/mol. The largest absolute Gasteiger partial charge is 0.481 e. The SMILES string of the molecule is O=C(O)C1CC1C(=O)Nc1ccc(N2CCCS2(=O)=O)cc1. The Balaban J connectivity index is 1.65. The third kappa shape index (κ3) is 2.78. The number of rotatable bonds is 4. The first-order valence-electron chi connectivity index (χ1n) is 7.02. The topological polar surface area (TPSA) is 104 Å². The Labute approximate surface area is 128 Å². The van der Waals surface area contributed by atoms with Crippen LogP contribution in [0.2, 0.25) is 0 Å². The molecule has 0 bridgehead atoms. The fourth-order valence-electron chi connectivity index (χ4n) is 2.63. The van der Waals surface area contributed by atoms with Gasteiger partial charge in [0.1, 0.15) is 0 Å². The summed E-state index contributed by atoms with van der Waals surface area (Å²) in [4.78, 5) is 22.6. The summed E-state index contributed by atoms with van der Waals surface area (Å²) in [6.07, 6.45) is 0.977. The molecular formula is C14H16N2O5S. The van der Waals surface area contributed by atoms with E-state index in [1.54, 1.807) is 24.3 Å². The van der Waals surface area contributed by atoms with E-state index in [1.165, 1.54) is 4.31 Å². The summed E-state index contributed by atoms with van der Waals surface area (Å²) in [7, 11) is -3.22. The summed E-state index contributed by atoms with van der Waals surface area (Å²) in [5, 5.41) is 11.5. The summed E-state index contributed by atoms with van der Waals surface area (Å²) in [6.45, 7) is 0.469. The molecule has 2 fully saturated rings. The van der Waals surface area contributed by atoms with E-state index in [2.05, 4.69) is 5.32 Å². The molecular weight excluding hydrogens is 308 g/mol. The molecule has 0 spiro atoms. The van der Waals surface area contributed by atoms with Crippen LogP contribution in [0.15, 0.2) is 24.3 Å². The van der Waals surface area contributed by atoms with Gasteiger partial charge in [0, 0.05) is 12.2 Å². The number of anilines is 2. The number of hydrogen-bond acceptors (Lipinski definition) is 4. The molecule has 1 saturated heterocycles. The number of sulfonamides is 1. The van der Waals surface area contributed by atoms with Crippen molar-refractivity contribution < 1.29 is 23.1 Å². The molecule has 1 heterocycles. The molecule has 1 aliphatic carbocycles. The second-order valence-electron chi connectivity index (χ2n) is 5.56. The van der Waals surface area contributed by atoms with E-state index in [-0.39, 0.29) is 11.7 Å². The first-order valence-corrected chi connectivity index (χ1v) is 8.63. The molecule has 118 valence electrons. The van der Waals surface area contributed by atoms with Crippen molar-refractivity contribution in [1.82, 2.24) is 0 Å². The molecule has 0 radical (unpaired) electrons. The predicted molar refractivity (Wildman–Crippen MR) is 80.1 cm³/mol. The van der Waals surface area contributed by atoms with Crippen LogP contribution in [0.1, 0.15) is 12.8 Å². The number of carboxylic acids is 1. The van der Waals surface area contributed by atoms with E-state index in [9.17, 15) is 18.0 Å². The Hall–Kier alpha value is -2.09. The zero-order valence-corrected chi connectivity index (χ0v) is 12.5. The van der Waals surface area contributed by atoms with E-state index < -0.39 is 27.8 Å². The van der Waals surface area contributed by atoms with Crippen LogP contribution in [0.5, 0.6) is 0 Å². The summed E-state index contributed by atoms with van der Waals surface area (Å²) in [5.41, 5.74) is 1.10. The fourth-order valence-corrected chi connectivity index (χ4v) is 4.20. The number of carbonyl (C=O) groups excluding carboxylic acids is 1. The fraction of sp³-hybridized carbons (Fsp3) is 0.429. The molecule has 2 unspecified atom stereocenters. The Morgan fingerprint density at radius 1 is 1.18 bits per heavy atom. The minimum atomic E-state index is -3.22. The van der Waals surface area contributed by atoms with Crippen LogP contribution in [0, 0.1) is 11.8 Å². The van der Waals surface area contributed by atoms with Gasteiger partial charge >= 0.3 is 5.97 Å². The standard InChI is InChI=1S/C14H16N2O5S/c17-13(11-8-12(11)14(18)19)15-9-2-4-10(5-3-9)16-6-1-7-22(16,20)21/h2-5,11-12H,1,6-8H2,(H,15,17)(H,18,19). The highest BCUT2D eigenvalue weighted by Gasteiger charge is 2.48. The van der Waals surface area contributed by atoms with Gasteiger partial charge in [0.05, 0.1) is 23.3 Å². The number of amides is 1. The molecule has 1 aliphatic heterocycles. The molecule has 22 heavy (non-hydrogen) atoms. The van der Waals surface area contributed by atoms with E-state index >= 15 is 0 Å². The quantitative estimate of drug-likeness (QED) is 0.856. The van der Waals surface area contributed by atoms with E-state index in [4.69, 9.17) is 5.11 Å². The molecule has 1 aromatic rings. The minimum absolute atomic E-state index is 0.156. The van der Waals surface area contributed by atoms with Gasteiger partial charge in [0.2, 0.25) is 15.9 Å². The summed E-state index contributed by atoms with van der Waals surface area (Å²) < 4.78 is 25.0. The van der Waals surface area contributed by atoms with Crippen LogP contribution in [0.3, 0.4) is 0 Å². The van der Waals surface area contributed by atoms with Crippen molar-refractivity contribution in [2.75, 3.05) is 21.9 Å². The van der Waals surface area contributed by atoms with Gasteiger partial charge in [-0.3, -0.25) is 13.9 Å². The summed E-state index contributed by atoms with van der Waals surface area (Å²) in [6, 6.07) is 6.53. The highest BCUT2D eigenvalue weighted by Crippen LogP contribution is 2.39. The zero-order valence-electron chi connectivity index (χ0n) is 11.7. The third-order valence-corrected chi connectivity index (χ3v) is 5.84. The van der Waals surface area contributed by atoms with Crippen molar-refractivity contribution in [2.45, 2.75) is 12.8 Å². The molecule has 0 aromatic heterocycles. The number of nitrogens with zero attached hydrogens (tertiary/aromatic N) is 1. The smallest absolute Gasteiger partial charge is 0.307 e. The van der Waals surface area contributed by atoms with Crippen LogP contribution in [-0.4, -0.2) is 37.7 Å². The second kappa shape index (κ2) is 5.28. The van der Waals surface area contributed by atoms with Gasteiger partial charge in [-0.15, -0.1) is 0 Å². The predicted octanol–water partition coefficient (Wildman–Crippen LogP) is 0.886. The van der Waals surface area contributed by atoms with Crippen LogP contribution in [0.4, 0.5) is 11.4 Å². The molecule has 1 saturated carbocycles. The Morgan fingerprint density at radius 2 is 1.86 bits per heavy atom. The van der Waals surface area contributed by atoms with Crippen molar-refractivity contribution >= 4 is 33.3 Å². The van der Waals surface area contributed by atoms with Crippen molar-refractivity contribution in [1.29, 1.82) is 0 Å². The van der Waals surface area contributed by atoms with Gasteiger partial charge in [-0.05, 0) is 37.1 Å². The van der Waals surface area contributed by atoms with Crippen molar-refractivity contribution in [3.8, 4) is 0 Å². The first-order chi connectivity index (χ1) is 10.4. The Morgan fingerprint density at radius 3 is 2.36 bits per heavy atom. The first kappa shape index (κ1) is 14.8. The van der Waals surface area contributed by atoms with Crippen LogP contribution >= 0.6 is 0 Å². The lowest BCUT2D eigenvalue weighted by molar-refractivity contribution is -0.139. The third-order valence-electron chi connectivity index (χ3n) is 3.97. The zero-order chi connectivity index (χ0) is 15.9. The van der Waals surface area contributed by atoms with Crippen LogP contribution in [0.25, 0.3) is 0 Å². The summed E-state index contributed by atoms with van der Waals surface area (Å²) >= 11 is 0. The Kier molecular flexibility index (Phi) is 3.56. The number of carboxylic acid groups (broad SMARTS) is 1. The molecule has 1 aromatic carbocycles. The maximum Gasteiger partial charge on any atom is 0.307 e. The van der Waals surface area contributed by atoms with E-state index in [1.807, 2.05) is 0 Å².